The van der Waals surface area contributed by atoms with E-state index >= 15 is 0 Å². The van der Waals surface area contributed by atoms with Gasteiger partial charge in [-0.2, -0.15) is 0 Å². The summed E-state index contributed by atoms with van der Waals surface area (Å²) in [6, 6.07) is 0.614. The van der Waals surface area contributed by atoms with Gasteiger partial charge < -0.3 is 15.5 Å². The van der Waals surface area contributed by atoms with Crippen molar-refractivity contribution < 1.29 is 4.79 Å². The Morgan fingerprint density at radius 1 is 1.50 bits per heavy atom. The van der Waals surface area contributed by atoms with Crippen LogP contribution in [0.4, 0.5) is 0 Å². The Balaban J connectivity index is 2.35. The summed E-state index contributed by atoms with van der Waals surface area (Å²) in [7, 11) is 4.22. The molecule has 1 aliphatic rings. The minimum absolute atomic E-state index is 0.203. The monoisotopic (exact) mass is 199 g/mol. The van der Waals surface area contributed by atoms with Gasteiger partial charge in [0.1, 0.15) is 0 Å². The van der Waals surface area contributed by atoms with E-state index in [1.54, 1.807) is 0 Å². The van der Waals surface area contributed by atoms with Crippen molar-refractivity contribution in [2.75, 3.05) is 33.7 Å². The first kappa shape index (κ1) is 11.5. The van der Waals surface area contributed by atoms with Gasteiger partial charge in [-0.1, -0.05) is 6.92 Å². The second kappa shape index (κ2) is 4.75. The predicted molar refractivity (Wildman–Crippen MR) is 56.9 cm³/mol. The van der Waals surface area contributed by atoms with Gasteiger partial charge in [0.2, 0.25) is 5.91 Å². The molecule has 0 spiro atoms. The van der Waals surface area contributed by atoms with Crippen LogP contribution >= 0.6 is 0 Å². The fourth-order valence-corrected chi connectivity index (χ4v) is 2.17. The summed E-state index contributed by atoms with van der Waals surface area (Å²) in [5.41, 5.74) is 5.12. The van der Waals surface area contributed by atoms with E-state index < -0.39 is 0 Å². The van der Waals surface area contributed by atoms with Crippen molar-refractivity contribution in [3.05, 3.63) is 0 Å². The number of amides is 1. The normalized spacial score (nSPS) is 28.6. The number of hydrogen-bond donors (Lipinski definition) is 1. The molecular formula is C10H21N3O. The highest BCUT2D eigenvalue weighted by molar-refractivity contribution is 5.73. The first-order valence-corrected chi connectivity index (χ1v) is 5.17. The van der Waals surface area contributed by atoms with Gasteiger partial charge in [-0.25, -0.2) is 0 Å². The van der Waals surface area contributed by atoms with Crippen molar-refractivity contribution in [1.29, 1.82) is 0 Å². The van der Waals surface area contributed by atoms with Gasteiger partial charge in [0.05, 0.1) is 0 Å². The molecule has 1 rings (SSSR count). The average Bonchev–Trinajstić information content (AvgIpc) is 2.43. The summed E-state index contributed by atoms with van der Waals surface area (Å²) in [4.78, 5) is 15.2. The van der Waals surface area contributed by atoms with Crippen LogP contribution in [0.2, 0.25) is 0 Å². The maximum atomic E-state index is 10.6. The van der Waals surface area contributed by atoms with Crippen molar-refractivity contribution in [3.63, 3.8) is 0 Å². The molecule has 2 unspecified atom stereocenters. The first-order chi connectivity index (χ1) is 6.50. The molecule has 4 heteroatoms. The van der Waals surface area contributed by atoms with Crippen molar-refractivity contribution in [1.82, 2.24) is 9.80 Å². The summed E-state index contributed by atoms with van der Waals surface area (Å²) < 4.78 is 0. The average molecular weight is 199 g/mol. The highest BCUT2D eigenvalue weighted by Crippen LogP contribution is 2.19. The van der Waals surface area contributed by atoms with Crippen LogP contribution in [0, 0.1) is 5.92 Å². The molecule has 0 aliphatic carbocycles. The lowest BCUT2D eigenvalue weighted by Gasteiger charge is -2.22. The van der Waals surface area contributed by atoms with Crippen LogP contribution in [0.25, 0.3) is 0 Å². The largest absolute Gasteiger partial charge is 0.370 e. The summed E-state index contributed by atoms with van der Waals surface area (Å²) >= 11 is 0. The minimum Gasteiger partial charge on any atom is -0.370 e. The molecule has 0 aromatic heterocycles. The van der Waals surface area contributed by atoms with Crippen LogP contribution in [0.15, 0.2) is 0 Å². The van der Waals surface area contributed by atoms with E-state index in [1.165, 1.54) is 0 Å². The lowest BCUT2D eigenvalue weighted by molar-refractivity contribution is -0.118. The number of likely N-dealkylation sites (tertiary alicyclic amines) is 1. The molecule has 4 nitrogen and oxygen atoms in total. The maximum absolute atomic E-state index is 10.6. The van der Waals surface area contributed by atoms with Crippen LogP contribution in [0.5, 0.6) is 0 Å². The first-order valence-electron chi connectivity index (χ1n) is 5.17. The summed E-state index contributed by atoms with van der Waals surface area (Å²) in [5, 5.41) is 0. The molecule has 82 valence electrons. The third-order valence-corrected chi connectivity index (χ3v) is 2.99. The summed E-state index contributed by atoms with van der Waals surface area (Å²) in [6.45, 7) is 5.20. The molecule has 0 aromatic rings. The number of primary amides is 1. The number of likely N-dealkylation sites (N-methyl/N-ethyl adjacent to an activating group) is 1. The SMILES string of the molecule is CC1CN(CCC(N)=O)CC1N(C)C. The third-order valence-electron chi connectivity index (χ3n) is 2.99. The Labute approximate surface area is 86.0 Å². The molecule has 2 atom stereocenters. The molecule has 0 saturated carbocycles. The van der Waals surface area contributed by atoms with Crippen molar-refractivity contribution in [3.8, 4) is 0 Å². The Morgan fingerprint density at radius 2 is 2.14 bits per heavy atom. The van der Waals surface area contributed by atoms with Crippen LogP contribution in [-0.4, -0.2) is 55.5 Å². The molecule has 1 fully saturated rings. The molecule has 1 saturated heterocycles. The molecule has 1 aliphatic heterocycles. The number of carbonyl (C=O) groups is 1. The van der Waals surface area contributed by atoms with Crippen molar-refractivity contribution in [2.24, 2.45) is 11.7 Å². The highest BCUT2D eigenvalue weighted by Gasteiger charge is 2.30. The zero-order chi connectivity index (χ0) is 10.7. The molecule has 14 heavy (non-hydrogen) atoms. The van der Waals surface area contributed by atoms with Gasteiger partial charge in [0.15, 0.2) is 0 Å². The van der Waals surface area contributed by atoms with Crippen LogP contribution in [0.1, 0.15) is 13.3 Å². The minimum atomic E-state index is -0.203. The van der Waals surface area contributed by atoms with Gasteiger partial charge in [-0.05, 0) is 20.0 Å². The Kier molecular flexibility index (Phi) is 3.89. The fourth-order valence-electron chi connectivity index (χ4n) is 2.17. The van der Waals surface area contributed by atoms with E-state index in [4.69, 9.17) is 5.73 Å². The zero-order valence-electron chi connectivity index (χ0n) is 9.36. The standard InChI is InChI=1S/C10H21N3O/c1-8-6-13(5-4-10(11)14)7-9(8)12(2)3/h8-9H,4-7H2,1-3H3,(H2,11,14). The van der Waals surface area contributed by atoms with Gasteiger partial charge in [-0.15, -0.1) is 0 Å². The van der Waals surface area contributed by atoms with Gasteiger partial charge in [0, 0.05) is 32.1 Å². The molecular weight excluding hydrogens is 178 g/mol. The zero-order valence-corrected chi connectivity index (χ0v) is 9.36. The molecule has 1 heterocycles. The third kappa shape index (κ3) is 2.96. The lowest BCUT2D eigenvalue weighted by atomic mass is 10.1. The smallest absolute Gasteiger partial charge is 0.218 e. The van der Waals surface area contributed by atoms with Crippen molar-refractivity contribution in [2.45, 2.75) is 19.4 Å². The van der Waals surface area contributed by atoms with Crippen LogP contribution < -0.4 is 5.73 Å². The summed E-state index contributed by atoms with van der Waals surface area (Å²) in [6.07, 6.45) is 0.479. The van der Waals surface area contributed by atoms with Gasteiger partial charge >= 0.3 is 0 Å². The van der Waals surface area contributed by atoms with Gasteiger partial charge in [-0.3, -0.25) is 4.79 Å². The Morgan fingerprint density at radius 3 is 2.57 bits per heavy atom. The van der Waals surface area contributed by atoms with E-state index in [9.17, 15) is 4.79 Å². The number of rotatable bonds is 4. The topological polar surface area (TPSA) is 49.6 Å². The lowest BCUT2D eigenvalue weighted by Crippen LogP contribution is -2.34. The van der Waals surface area contributed by atoms with E-state index in [0.717, 1.165) is 19.6 Å². The molecule has 0 radical (unpaired) electrons. The summed E-state index contributed by atoms with van der Waals surface area (Å²) in [5.74, 6) is 0.476. The maximum Gasteiger partial charge on any atom is 0.218 e. The second-order valence-corrected chi connectivity index (χ2v) is 4.48. The quantitative estimate of drug-likeness (QED) is 0.679. The Bertz CT molecular complexity index is 206. The molecule has 2 N–H and O–H groups in total. The molecule has 0 aromatic carbocycles. The van der Waals surface area contributed by atoms with E-state index in [1.807, 2.05) is 0 Å². The highest BCUT2D eigenvalue weighted by atomic mass is 16.1. The molecule has 0 bridgehead atoms. The second-order valence-electron chi connectivity index (χ2n) is 4.48. The fraction of sp³-hybridized carbons (Fsp3) is 0.900. The van der Waals surface area contributed by atoms with E-state index in [-0.39, 0.29) is 5.91 Å². The number of hydrogen-bond acceptors (Lipinski definition) is 3. The van der Waals surface area contributed by atoms with Crippen LogP contribution in [0.3, 0.4) is 0 Å². The number of nitrogens with zero attached hydrogens (tertiary/aromatic N) is 2. The number of carbonyl (C=O) groups excluding carboxylic acids is 1. The number of nitrogens with two attached hydrogens (primary N) is 1. The predicted octanol–water partition coefficient (Wildman–Crippen LogP) is -0.256. The molecule has 1 amide bonds. The Hall–Kier alpha value is -0.610. The van der Waals surface area contributed by atoms with Crippen LogP contribution in [-0.2, 0) is 4.79 Å². The van der Waals surface area contributed by atoms with E-state index in [2.05, 4.69) is 30.8 Å². The van der Waals surface area contributed by atoms with Gasteiger partial charge in [0.25, 0.3) is 0 Å². The van der Waals surface area contributed by atoms with Crippen molar-refractivity contribution >= 4 is 5.91 Å². The van der Waals surface area contributed by atoms with E-state index in [0.29, 0.717) is 18.4 Å².